The number of anilines is 1. The fourth-order valence-electron chi connectivity index (χ4n) is 3.29. The molecule has 1 fully saturated rings. The molecule has 0 aliphatic carbocycles. The number of morpholine rings is 1. The molecule has 2 aromatic heterocycles. The third-order valence-corrected chi connectivity index (χ3v) is 5.55. The molecule has 0 unspecified atom stereocenters. The molecule has 0 spiro atoms. The molecule has 0 saturated carbocycles. The van der Waals surface area contributed by atoms with Crippen LogP contribution in [0.3, 0.4) is 0 Å². The molecule has 3 heterocycles. The first kappa shape index (κ1) is 20.4. The van der Waals surface area contributed by atoms with E-state index in [2.05, 4.69) is 14.3 Å². The molecule has 4 rings (SSSR count). The van der Waals surface area contributed by atoms with Crippen molar-refractivity contribution in [3.8, 4) is 11.1 Å². The summed E-state index contributed by atoms with van der Waals surface area (Å²) in [5.41, 5.74) is 4.62. The fourth-order valence-corrected chi connectivity index (χ4v) is 3.82. The molecular formula is C22H23N5O2S. The average Bonchev–Trinajstić information content (AvgIpc) is 3.33. The van der Waals surface area contributed by atoms with Crippen LogP contribution < -0.4 is 10.9 Å². The Morgan fingerprint density at radius 3 is 2.73 bits per heavy atom. The van der Waals surface area contributed by atoms with Crippen molar-refractivity contribution in [1.29, 1.82) is 0 Å². The summed E-state index contributed by atoms with van der Waals surface area (Å²) in [6, 6.07) is 9.65. The summed E-state index contributed by atoms with van der Waals surface area (Å²) >= 11 is 1.38. The number of pyridine rings is 1. The third-order valence-electron chi connectivity index (χ3n) is 4.96. The lowest BCUT2D eigenvalue weighted by molar-refractivity contribution is -0.114. The lowest BCUT2D eigenvalue weighted by Gasteiger charge is -2.26. The van der Waals surface area contributed by atoms with Crippen molar-refractivity contribution in [3.05, 3.63) is 71.5 Å². The minimum absolute atomic E-state index is 0.311. The molecule has 154 valence electrons. The normalized spacial score (nSPS) is 14.8. The number of carbonyl (C=O) groups is 1. The molecule has 1 amide bonds. The molecule has 1 saturated heterocycles. The summed E-state index contributed by atoms with van der Waals surface area (Å²) in [7, 11) is 0. The first-order valence-electron chi connectivity index (χ1n) is 9.70. The van der Waals surface area contributed by atoms with Gasteiger partial charge < -0.3 is 4.74 Å². The van der Waals surface area contributed by atoms with E-state index < -0.39 is 0 Å². The minimum Gasteiger partial charge on any atom is -0.379 e. The highest BCUT2D eigenvalue weighted by molar-refractivity contribution is 7.03. The van der Waals surface area contributed by atoms with Gasteiger partial charge in [-0.25, -0.2) is 15.2 Å². The largest absolute Gasteiger partial charge is 0.379 e. The number of nitrogens with two attached hydrogens (primary N) is 1. The van der Waals surface area contributed by atoms with E-state index in [0.717, 1.165) is 54.5 Å². The van der Waals surface area contributed by atoms with Gasteiger partial charge in [0.05, 0.1) is 18.9 Å². The Kier molecular flexibility index (Phi) is 6.60. The zero-order chi connectivity index (χ0) is 20.8. The highest BCUT2D eigenvalue weighted by Gasteiger charge is 2.12. The van der Waals surface area contributed by atoms with Crippen LogP contribution in [0.2, 0.25) is 0 Å². The Balaban J connectivity index is 1.41. The minimum atomic E-state index is -0.311. The van der Waals surface area contributed by atoms with Crippen molar-refractivity contribution in [1.82, 2.24) is 14.3 Å². The Morgan fingerprint density at radius 2 is 2.00 bits per heavy atom. The Hall–Kier alpha value is -2.91. The van der Waals surface area contributed by atoms with Crippen molar-refractivity contribution in [3.63, 3.8) is 0 Å². The Bertz CT molecular complexity index is 999. The number of ether oxygens (including phenoxy) is 1. The van der Waals surface area contributed by atoms with Crippen molar-refractivity contribution < 1.29 is 9.53 Å². The van der Waals surface area contributed by atoms with Gasteiger partial charge >= 0.3 is 0 Å². The predicted molar refractivity (Wildman–Crippen MR) is 119 cm³/mol. The summed E-state index contributed by atoms with van der Waals surface area (Å²) in [6.45, 7) is 4.29. The smallest absolute Gasteiger partial charge is 0.265 e. The summed E-state index contributed by atoms with van der Waals surface area (Å²) in [6.07, 6.45) is 8.43. The summed E-state index contributed by atoms with van der Waals surface area (Å²) in [5.74, 6) is 5.74. The maximum absolute atomic E-state index is 12.6. The zero-order valence-electron chi connectivity index (χ0n) is 16.5. The van der Waals surface area contributed by atoms with Crippen LogP contribution >= 0.6 is 11.5 Å². The van der Waals surface area contributed by atoms with Crippen LogP contribution in [0.25, 0.3) is 17.2 Å². The number of amides is 1. The van der Waals surface area contributed by atoms with E-state index in [0.29, 0.717) is 5.69 Å². The maximum Gasteiger partial charge on any atom is 0.265 e. The van der Waals surface area contributed by atoms with Crippen LogP contribution in [-0.2, 0) is 16.1 Å². The first-order chi connectivity index (χ1) is 14.7. The summed E-state index contributed by atoms with van der Waals surface area (Å²) in [4.78, 5) is 19.1. The number of hydrazine groups is 1. The van der Waals surface area contributed by atoms with Gasteiger partial charge in [0.1, 0.15) is 0 Å². The molecular weight excluding hydrogens is 398 g/mol. The second kappa shape index (κ2) is 9.73. The van der Waals surface area contributed by atoms with Gasteiger partial charge in [0.25, 0.3) is 5.91 Å². The SMILES string of the molecule is NN(C(=O)/C=C/c1cnccc1-c1cnsc1)c1ccc(CN2CCOCC2)cc1. The van der Waals surface area contributed by atoms with Gasteiger partial charge in [0, 0.05) is 60.8 Å². The number of hydrogen-bond acceptors (Lipinski definition) is 7. The van der Waals surface area contributed by atoms with Crippen LogP contribution in [0.15, 0.2) is 60.4 Å². The van der Waals surface area contributed by atoms with Gasteiger partial charge in [0.2, 0.25) is 0 Å². The molecule has 1 aromatic carbocycles. The van der Waals surface area contributed by atoms with Gasteiger partial charge in [-0.3, -0.25) is 14.7 Å². The van der Waals surface area contributed by atoms with Crippen molar-refractivity contribution in [2.45, 2.75) is 6.54 Å². The lowest BCUT2D eigenvalue weighted by Crippen LogP contribution is -2.36. The number of benzene rings is 1. The summed E-state index contributed by atoms with van der Waals surface area (Å²) in [5, 5.41) is 3.11. The number of aromatic nitrogens is 2. The second-order valence-corrected chi connectivity index (χ2v) is 7.63. The molecule has 1 aliphatic heterocycles. The van der Waals surface area contributed by atoms with Crippen LogP contribution in [0.4, 0.5) is 5.69 Å². The van der Waals surface area contributed by atoms with E-state index >= 15 is 0 Å². The molecule has 7 nitrogen and oxygen atoms in total. The highest BCUT2D eigenvalue weighted by Crippen LogP contribution is 2.25. The van der Waals surface area contributed by atoms with E-state index in [-0.39, 0.29) is 5.91 Å². The Morgan fingerprint density at radius 1 is 1.20 bits per heavy atom. The van der Waals surface area contributed by atoms with Crippen molar-refractivity contribution in [2.24, 2.45) is 5.84 Å². The molecule has 0 radical (unpaired) electrons. The molecule has 8 heteroatoms. The van der Waals surface area contributed by atoms with Crippen LogP contribution in [-0.4, -0.2) is 46.5 Å². The average molecular weight is 422 g/mol. The van der Waals surface area contributed by atoms with Gasteiger partial charge in [-0.1, -0.05) is 12.1 Å². The van der Waals surface area contributed by atoms with Gasteiger partial charge in [-0.2, -0.15) is 0 Å². The molecule has 2 N–H and O–H groups in total. The van der Waals surface area contributed by atoms with Crippen LogP contribution in [0, 0.1) is 0 Å². The third kappa shape index (κ3) is 4.98. The van der Waals surface area contributed by atoms with Crippen molar-refractivity contribution >= 4 is 29.2 Å². The second-order valence-electron chi connectivity index (χ2n) is 6.97. The predicted octanol–water partition coefficient (Wildman–Crippen LogP) is 2.96. The van der Waals surface area contributed by atoms with Gasteiger partial charge in [-0.15, -0.1) is 0 Å². The van der Waals surface area contributed by atoms with Crippen molar-refractivity contribution in [2.75, 3.05) is 31.3 Å². The fraction of sp³-hybridized carbons (Fsp3) is 0.227. The lowest BCUT2D eigenvalue weighted by atomic mass is 10.1. The topological polar surface area (TPSA) is 84.6 Å². The summed E-state index contributed by atoms with van der Waals surface area (Å²) < 4.78 is 9.52. The molecule has 30 heavy (non-hydrogen) atoms. The monoisotopic (exact) mass is 421 g/mol. The zero-order valence-corrected chi connectivity index (χ0v) is 17.3. The van der Waals surface area contributed by atoms with E-state index in [1.54, 1.807) is 24.7 Å². The Labute approximate surface area is 179 Å². The highest BCUT2D eigenvalue weighted by atomic mass is 32.1. The maximum atomic E-state index is 12.6. The number of hydrogen-bond donors (Lipinski definition) is 1. The van der Waals surface area contributed by atoms with E-state index in [1.165, 1.54) is 23.2 Å². The van der Waals surface area contributed by atoms with Crippen LogP contribution in [0.1, 0.15) is 11.1 Å². The standard InChI is InChI=1S/C22H23N5O2S/c23-27(20-4-1-17(2-5-20)15-26-9-11-29-12-10-26)22(28)6-3-18-13-24-8-7-21(18)19-14-25-30-16-19/h1-8,13-14,16H,9-12,15,23H2/b6-3+. The number of carbonyl (C=O) groups excluding carboxylic acids is 1. The quantitative estimate of drug-likeness (QED) is 0.285. The van der Waals surface area contributed by atoms with Crippen LogP contribution in [0.5, 0.6) is 0 Å². The molecule has 3 aromatic rings. The van der Waals surface area contributed by atoms with Gasteiger partial charge in [0.15, 0.2) is 0 Å². The van der Waals surface area contributed by atoms with E-state index in [4.69, 9.17) is 10.6 Å². The number of nitrogens with zero attached hydrogens (tertiary/aromatic N) is 4. The molecule has 0 bridgehead atoms. The first-order valence-corrected chi connectivity index (χ1v) is 10.5. The molecule has 0 atom stereocenters. The van der Waals surface area contributed by atoms with E-state index in [1.807, 2.05) is 35.7 Å². The number of rotatable bonds is 6. The molecule has 1 aliphatic rings. The van der Waals surface area contributed by atoms with Gasteiger partial charge in [-0.05, 0) is 46.9 Å². The van der Waals surface area contributed by atoms with E-state index in [9.17, 15) is 4.79 Å².